The summed E-state index contributed by atoms with van der Waals surface area (Å²) in [6.45, 7) is 2.79. The molecule has 180 valence electrons. The Morgan fingerprint density at radius 3 is 2.86 bits per heavy atom. The molecule has 1 aliphatic carbocycles. The van der Waals surface area contributed by atoms with Crippen molar-refractivity contribution in [3.05, 3.63) is 89.1 Å². The molecule has 2 amide bonds. The summed E-state index contributed by atoms with van der Waals surface area (Å²) >= 11 is 0. The van der Waals surface area contributed by atoms with Crippen LogP contribution in [-0.2, 0) is 17.8 Å². The number of fused-ring (bicyclic) bond motifs is 1. The van der Waals surface area contributed by atoms with Crippen LogP contribution in [0.2, 0.25) is 0 Å². The molecule has 2 aliphatic rings. The first-order valence-electron chi connectivity index (χ1n) is 11.7. The number of nitrogens with zero attached hydrogens (tertiary/aromatic N) is 2. The second kappa shape index (κ2) is 9.66. The minimum absolute atomic E-state index is 0.0976. The molecular weight excluding hydrogens is 446 g/mol. The maximum atomic E-state index is 12.8. The Hall–Kier alpha value is -4.07. The van der Waals surface area contributed by atoms with Crippen LogP contribution in [0.1, 0.15) is 57.6 Å². The van der Waals surface area contributed by atoms with Crippen molar-refractivity contribution in [2.75, 3.05) is 6.54 Å². The van der Waals surface area contributed by atoms with Crippen LogP contribution in [0, 0.1) is 12.8 Å². The first-order valence-corrected chi connectivity index (χ1v) is 11.7. The predicted octanol–water partition coefficient (Wildman–Crippen LogP) is 4.36. The number of aromatic nitrogens is 1. The number of rotatable bonds is 7. The van der Waals surface area contributed by atoms with Gasteiger partial charge in [-0.15, -0.1) is 0 Å². The summed E-state index contributed by atoms with van der Waals surface area (Å²) < 4.78 is 17.2. The summed E-state index contributed by atoms with van der Waals surface area (Å²) in [6, 6.07) is 7.20. The topological polar surface area (TPSA) is 112 Å². The second-order valence-corrected chi connectivity index (χ2v) is 8.84. The number of hydrogen-bond acceptors (Lipinski definition) is 6. The molecule has 35 heavy (non-hydrogen) atoms. The van der Waals surface area contributed by atoms with Crippen LogP contribution in [-0.4, -0.2) is 28.2 Å². The van der Waals surface area contributed by atoms with Gasteiger partial charge in [0.25, 0.3) is 5.91 Å². The van der Waals surface area contributed by atoms with Crippen LogP contribution in [0.15, 0.2) is 64.0 Å². The minimum atomic E-state index is -0.555. The summed E-state index contributed by atoms with van der Waals surface area (Å²) in [5.41, 5.74) is 8.68. The zero-order valence-electron chi connectivity index (χ0n) is 19.5. The van der Waals surface area contributed by atoms with Crippen molar-refractivity contribution in [2.24, 2.45) is 11.7 Å². The minimum Gasteiger partial charge on any atom is -0.483 e. The highest BCUT2D eigenvalue weighted by molar-refractivity contribution is 5.96. The van der Waals surface area contributed by atoms with Crippen molar-refractivity contribution in [1.29, 1.82) is 0 Å². The van der Waals surface area contributed by atoms with Crippen molar-refractivity contribution >= 4 is 17.9 Å². The maximum Gasteiger partial charge on any atom is 0.252 e. The molecule has 3 aromatic rings. The number of oxazole rings is 1. The van der Waals surface area contributed by atoms with E-state index in [1.807, 2.05) is 13.0 Å². The zero-order chi connectivity index (χ0) is 24.4. The highest BCUT2D eigenvalue weighted by Crippen LogP contribution is 2.38. The SMILES string of the molecule is Cc1ocnc1C(Oc1cc2c(cc1C(N)=O)CCN(C(=O)/C=C/c1ccco1)C2)C1C=CCC1. The molecule has 0 saturated heterocycles. The largest absolute Gasteiger partial charge is 0.483 e. The Labute approximate surface area is 203 Å². The standard InChI is InChI=1S/C27H27N3O5/c1-17-25(29-16-34-17)26(18-5-2-3-6-18)35-23-14-20-15-30(11-10-19(20)13-22(23)27(28)32)24(31)9-8-21-7-4-12-33-21/h2,4-5,7-9,12-14,16,18,26H,3,6,10-11,15H2,1H3,(H2,28,32)/b9-8+. The number of amides is 2. The van der Waals surface area contributed by atoms with Gasteiger partial charge in [0.15, 0.2) is 12.5 Å². The summed E-state index contributed by atoms with van der Waals surface area (Å²) in [6.07, 6.45) is 12.4. The van der Waals surface area contributed by atoms with E-state index in [4.69, 9.17) is 19.3 Å². The summed E-state index contributed by atoms with van der Waals surface area (Å²) in [7, 11) is 0. The predicted molar refractivity (Wildman–Crippen MR) is 128 cm³/mol. The molecule has 5 rings (SSSR count). The first kappa shape index (κ1) is 22.7. The average molecular weight is 474 g/mol. The molecule has 2 N–H and O–H groups in total. The first-order chi connectivity index (χ1) is 17.0. The van der Waals surface area contributed by atoms with Gasteiger partial charge in [-0.1, -0.05) is 12.2 Å². The normalized spacial score (nSPS) is 18.1. The third-order valence-corrected chi connectivity index (χ3v) is 6.57. The van der Waals surface area contributed by atoms with Gasteiger partial charge < -0.3 is 24.2 Å². The lowest BCUT2D eigenvalue weighted by Crippen LogP contribution is -2.35. The number of allylic oxidation sites excluding steroid dienone is 1. The van der Waals surface area contributed by atoms with E-state index in [-0.39, 0.29) is 11.8 Å². The Morgan fingerprint density at radius 2 is 2.17 bits per heavy atom. The van der Waals surface area contributed by atoms with Crippen LogP contribution >= 0.6 is 0 Å². The van der Waals surface area contributed by atoms with Gasteiger partial charge in [0.1, 0.15) is 23.0 Å². The third-order valence-electron chi connectivity index (χ3n) is 6.57. The van der Waals surface area contributed by atoms with Gasteiger partial charge in [0.05, 0.1) is 11.8 Å². The van der Waals surface area contributed by atoms with E-state index in [1.54, 1.807) is 35.4 Å². The maximum absolute atomic E-state index is 12.8. The smallest absolute Gasteiger partial charge is 0.252 e. The molecular formula is C27H27N3O5. The second-order valence-electron chi connectivity index (χ2n) is 8.84. The van der Waals surface area contributed by atoms with Crippen LogP contribution in [0.25, 0.3) is 6.08 Å². The highest BCUT2D eigenvalue weighted by Gasteiger charge is 2.31. The van der Waals surface area contributed by atoms with E-state index in [0.717, 1.165) is 24.0 Å². The van der Waals surface area contributed by atoms with E-state index in [1.165, 1.54) is 12.5 Å². The van der Waals surface area contributed by atoms with Crippen molar-refractivity contribution in [1.82, 2.24) is 9.88 Å². The van der Waals surface area contributed by atoms with Crippen molar-refractivity contribution in [3.8, 4) is 5.75 Å². The van der Waals surface area contributed by atoms with Crippen LogP contribution in [0.3, 0.4) is 0 Å². The number of furan rings is 1. The van der Waals surface area contributed by atoms with E-state index in [9.17, 15) is 9.59 Å². The van der Waals surface area contributed by atoms with Crippen molar-refractivity contribution < 1.29 is 23.2 Å². The molecule has 0 bridgehead atoms. The quantitative estimate of drug-likeness (QED) is 0.403. The molecule has 0 saturated carbocycles. The van der Waals surface area contributed by atoms with Crippen LogP contribution < -0.4 is 10.5 Å². The molecule has 0 radical (unpaired) electrons. The van der Waals surface area contributed by atoms with E-state index >= 15 is 0 Å². The fraction of sp³-hybridized carbons (Fsp3) is 0.296. The van der Waals surface area contributed by atoms with Gasteiger partial charge in [-0.05, 0) is 67.7 Å². The zero-order valence-corrected chi connectivity index (χ0v) is 19.5. The van der Waals surface area contributed by atoms with Gasteiger partial charge in [0, 0.05) is 25.1 Å². The van der Waals surface area contributed by atoms with Gasteiger partial charge in [-0.2, -0.15) is 0 Å². The molecule has 8 nitrogen and oxygen atoms in total. The van der Waals surface area contributed by atoms with Gasteiger partial charge in [-0.25, -0.2) is 4.98 Å². The number of aryl methyl sites for hydroxylation is 1. The van der Waals surface area contributed by atoms with E-state index < -0.39 is 12.0 Å². The van der Waals surface area contributed by atoms with Crippen molar-refractivity contribution in [3.63, 3.8) is 0 Å². The molecule has 0 spiro atoms. The Bertz CT molecular complexity index is 1290. The lowest BCUT2D eigenvalue weighted by molar-refractivity contribution is -0.126. The Kier molecular flexibility index (Phi) is 6.27. The van der Waals surface area contributed by atoms with Crippen molar-refractivity contribution in [2.45, 2.75) is 38.8 Å². The molecule has 2 atom stereocenters. The van der Waals surface area contributed by atoms with Crippen LogP contribution in [0.5, 0.6) is 5.75 Å². The molecule has 2 unspecified atom stereocenters. The fourth-order valence-electron chi connectivity index (χ4n) is 4.69. The van der Waals surface area contributed by atoms with Gasteiger partial charge >= 0.3 is 0 Å². The monoisotopic (exact) mass is 473 g/mol. The number of nitrogens with two attached hydrogens (primary N) is 1. The van der Waals surface area contributed by atoms with E-state index in [2.05, 4.69) is 17.1 Å². The molecule has 1 aromatic carbocycles. The van der Waals surface area contributed by atoms with Crippen LogP contribution in [0.4, 0.5) is 0 Å². The molecule has 1 aliphatic heterocycles. The molecule has 8 heteroatoms. The summed E-state index contributed by atoms with van der Waals surface area (Å²) in [5, 5.41) is 0. The number of hydrogen-bond donors (Lipinski definition) is 1. The van der Waals surface area contributed by atoms with Gasteiger partial charge in [0.2, 0.25) is 5.91 Å². The van der Waals surface area contributed by atoms with E-state index in [0.29, 0.717) is 48.0 Å². The third kappa shape index (κ3) is 4.77. The number of carbonyl (C=O) groups is 2. The fourth-order valence-corrected chi connectivity index (χ4v) is 4.69. The Balaban J connectivity index is 1.43. The lowest BCUT2D eigenvalue weighted by Gasteiger charge is -2.30. The molecule has 2 aromatic heterocycles. The number of carbonyl (C=O) groups excluding carboxylic acids is 2. The summed E-state index contributed by atoms with van der Waals surface area (Å²) in [4.78, 5) is 31.3. The number of ether oxygens (including phenoxy) is 1. The number of benzene rings is 1. The highest BCUT2D eigenvalue weighted by atomic mass is 16.5. The van der Waals surface area contributed by atoms with Gasteiger partial charge in [-0.3, -0.25) is 9.59 Å². The molecule has 3 heterocycles. The lowest BCUT2D eigenvalue weighted by atomic mass is 9.95. The number of primary amides is 1. The average Bonchev–Trinajstić information content (AvgIpc) is 3.63. The molecule has 0 fully saturated rings. The summed E-state index contributed by atoms with van der Waals surface area (Å²) in [5.74, 6) is 1.12. The Morgan fingerprint density at radius 1 is 1.29 bits per heavy atom.